The van der Waals surface area contributed by atoms with E-state index in [1.807, 2.05) is 0 Å². The molecule has 0 spiro atoms. The Bertz CT molecular complexity index is 441. The predicted molar refractivity (Wildman–Crippen MR) is 68.4 cm³/mol. The quantitative estimate of drug-likeness (QED) is 0.734. The lowest BCUT2D eigenvalue weighted by Crippen LogP contribution is -2.51. The van der Waals surface area contributed by atoms with Crippen molar-refractivity contribution in [2.45, 2.75) is 12.5 Å². The lowest BCUT2D eigenvalue weighted by Gasteiger charge is -2.35. The molecule has 4 nitrogen and oxygen atoms in total. The summed E-state index contributed by atoms with van der Waals surface area (Å²) in [5, 5.41) is 4.17. The van der Waals surface area contributed by atoms with Gasteiger partial charge in [0, 0.05) is 38.2 Å². The lowest BCUT2D eigenvalue weighted by molar-refractivity contribution is 0.303. The van der Waals surface area contributed by atoms with Crippen LogP contribution in [0.15, 0.2) is 6.07 Å². The Labute approximate surface area is 110 Å². The Kier molecular flexibility index (Phi) is 3.03. The Balaban J connectivity index is 2.05. The van der Waals surface area contributed by atoms with E-state index < -0.39 is 0 Å². The van der Waals surface area contributed by atoms with Gasteiger partial charge in [0.1, 0.15) is 5.15 Å². The number of fused-ring (bicyclic) bond motifs is 3. The molecule has 0 radical (unpaired) electrons. The van der Waals surface area contributed by atoms with Gasteiger partial charge in [-0.1, -0.05) is 23.2 Å². The Hall–Kier alpha value is -0.710. The van der Waals surface area contributed by atoms with Crippen LogP contribution in [-0.4, -0.2) is 37.3 Å². The summed E-state index contributed by atoms with van der Waals surface area (Å²) in [6.45, 7) is 3.53. The number of rotatable bonds is 0. The Morgan fingerprint density at radius 2 is 2.35 bits per heavy atom. The van der Waals surface area contributed by atoms with E-state index in [1.54, 1.807) is 6.07 Å². The van der Waals surface area contributed by atoms with Crippen molar-refractivity contribution in [2.75, 3.05) is 31.1 Å². The summed E-state index contributed by atoms with van der Waals surface area (Å²) in [6, 6.07) is 2.19. The molecule has 0 saturated carbocycles. The van der Waals surface area contributed by atoms with E-state index in [4.69, 9.17) is 27.9 Å². The van der Waals surface area contributed by atoms with Crippen molar-refractivity contribution < 1.29 is 4.74 Å². The number of halogens is 2. The number of anilines is 1. The van der Waals surface area contributed by atoms with Gasteiger partial charge >= 0.3 is 0 Å². The molecule has 1 aromatic rings. The van der Waals surface area contributed by atoms with Crippen LogP contribution in [0.4, 0.5) is 5.82 Å². The van der Waals surface area contributed by atoms with Crippen molar-refractivity contribution >= 4 is 29.0 Å². The number of nitrogens with one attached hydrogen (secondary N) is 1. The van der Waals surface area contributed by atoms with Crippen molar-refractivity contribution in [3.05, 3.63) is 16.2 Å². The zero-order valence-corrected chi connectivity index (χ0v) is 10.8. The van der Waals surface area contributed by atoms with Crippen molar-refractivity contribution in [3.8, 4) is 5.75 Å². The van der Waals surface area contributed by atoms with E-state index >= 15 is 0 Å². The molecule has 3 rings (SSSR count). The minimum Gasteiger partial charge on any atom is -0.490 e. The molecule has 2 aliphatic rings. The van der Waals surface area contributed by atoms with Crippen molar-refractivity contribution in [1.82, 2.24) is 10.3 Å². The SMILES string of the molecule is Clc1cc2c(nc1Cl)N1CCNC[C@H]1CCO2. The molecule has 1 N–H and O–H groups in total. The molecular weight excluding hydrogens is 261 g/mol. The maximum Gasteiger partial charge on any atom is 0.173 e. The fraction of sp³-hybridized carbons (Fsp3) is 0.545. The van der Waals surface area contributed by atoms with Gasteiger partial charge in [-0.3, -0.25) is 0 Å². The fourth-order valence-corrected chi connectivity index (χ4v) is 2.63. The third-order valence-electron chi connectivity index (χ3n) is 3.21. The fourth-order valence-electron chi connectivity index (χ4n) is 2.36. The van der Waals surface area contributed by atoms with Crippen LogP contribution in [0, 0.1) is 0 Å². The van der Waals surface area contributed by atoms with E-state index in [9.17, 15) is 0 Å². The molecule has 0 aliphatic carbocycles. The highest BCUT2D eigenvalue weighted by Crippen LogP contribution is 2.36. The zero-order chi connectivity index (χ0) is 11.8. The Morgan fingerprint density at radius 3 is 3.24 bits per heavy atom. The van der Waals surface area contributed by atoms with Gasteiger partial charge in [0.2, 0.25) is 0 Å². The molecule has 3 heterocycles. The summed E-state index contributed by atoms with van der Waals surface area (Å²) in [5.41, 5.74) is 0. The maximum absolute atomic E-state index is 5.99. The van der Waals surface area contributed by atoms with Gasteiger partial charge in [-0.2, -0.15) is 0 Å². The lowest BCUT2D eigenvalue weighted by atomic mass is 10.1. The van der Waals surface area contributed by atoms with Crippen LogP contribution >= 0.6 is 23.2 Å². The first-order valence-corrected chi connectivity index (χ1v) is 6.47. The molecule has 1 fully saturated rings. The van der Waals surface area contributed by atoms with E-state index in [2.05, 4.69) is 15.2 Å². The molecule has 1 aromatic heterocycles. The second kappa shape index (κ2) is 4.52. The second-order valence-electron chi connectivity index (χ2n) is 4.27. The van der Waals surface area contributed by atoms with Crippen LogP contribution in [0.5, 0.6) is 5.75 Å². The molecule has 1 atom stereocenters. The van der Waals surface area contributed by atoms with Crippen molar-refractivity contribution in [2.24, 2.45) is 0 Å². The summed E-state index contributed by atoms with van der Waals surface area (Å²) >= 11 is 12.0. The zero-order valence-electron chi connectivity index (χ0n) is 9.25. The van der Waals surface area contributed by atoms with Crippen LogP contribution in [0.2, 0.25) is 10.2 Å². The first-order chi connectivity index (χ1) is 8.25. The topological polar surface area (TPSA) is 37.4 Å². The average Bonchev–Trinajstić information content (AvgIpc) is 2.50. The van der Waals surface area contributed by atoms with E-state index in [0.717, 1.165) is 37.6 Å². The van der Waals surface area contributed by atoms with Gasteiger partial charge < -0.3 is 15.0 Å². The number of aromatic nitrogens is 1. The molecule has 0 bridgehead atoms. The summed E-state index contributed by atoms with van der Waals surface area (Å²) in [5.74, 6) is 1.56. The van der Waals surface area contributed by atoms with Crippen molar-refractivity contribution in [1.29, 1.82) is 0 Å². The number of hydrogen-bond acceptors (Lipinski definition) is 4. The minimum atomic E-state index is 0.341. The molecule has 2 aliphatic heterocycles. The first kappa shape index (κ1) is 11.4. The maximum atomic E-state index is 5.99. The van der Waals surface area contributed by atoms with Crippen LogP contribution in [-0.2, 0) is 0 Å². The highest BCUT2D eigenvalue weighted by molar-refractivity contribution is 6.41. The van der Waals surface area contributed by atoms with E-state index in [-0.39, 0.29) is 0 Å². The number of piperazine rings is 1. The third kappa shape index (κ3) is 2.05. The van der Waals surface area contributed by atoms with Gasteiger partial charge in [-0.25, -0.2) is 4.98 Å². The molecular formula is C11H13Cl2N3O. The molecule has 0 unspecified atom stereocenters. The number of nitrogens with zero attached hydrogens (tertiary/aromatic N) is 2. The molecule has 17 heavy (non-hydrogen) atoms. The molecule has 1 saturated heterocycles. The molecule has 0 amide bonds. The molecule has 92 valence electrons. The standard InChI is InChI=1S/C11H13Cl2N3O/c12-8-5-9-11(15-10(8)13)16-3-2-14-6-7(16)1-4-17-9/h5,7,14H,1-4,6H2/t7-/m1/s1. The third-order valence-corrected chi connectivity index (χ3v) is 3.88. The Morgan fingerprint density at radius 1 is 1.47 bits per heavy atom. The summed E-state index contributed by atoms with van der Waals surface area (Å²) < 4.78 is 5.70. The molecule has 6 heteroatoms. The van der Waals surface area contributed by atoms with Crippen LogP contribution in [0.1, 0.15) is 6.42 Å². The van der Waals surface area contributed by atoms with Gasteiger partial charge in [-0.15, -0.1) is 0 Å². The summed E-state index contributed by atoms with van der Waals surface area (Å²) in [7, 11) is 0. The van der Waals surface area contributed by atoms with Gasteiger partial charge in [0.25, 0.3) is 0 Å². The minimum absolute atomic E-state index is 0.341. The van der Waals surface area contributed by atoms with Gasteiger partial charge in [0.15, 0.2) is 11.6 Å². The number of hydrogen-bond donors (Lipinski definition) is 1. The van der Waals surface area contributed by atoms with Crippen LogP contribution < -0.4 is 15.0 Å². The van der Waals surface area contributed by atoms with Gasteiger partial charge in [0.05, 0.1) is 11.6 Å². The first-order valence-electron chi connectivity index (χ1n) is 5.72. The number of ether oxygens (including phenoxy) is 1. The largest absolute Gasteiger partial charge is 0.490 e. The van der Waals surface area contributed by atoms with Crippen molar-refractivity contribution in [3.63, 3.8) is 0 Å². The smallest absolute Gasteiger partial charge is 0.173 e. The number of pyridine rings is 1. The normalized spacial score (nSPS) is 23.4. The summed E-state index contributed by atoms with van der Waals surface area (Å²) in [4.78, 5) is 6.63. The van der Waals surface area contributed by atoms with E-state index in [0.29, 0.717) is 22.8 Å². The van der Waals surface area contributed by atoms with Gasteiger partial charge in [-0.05, 0) is 0 Å². The highest BCUT2D eigenvalue weighted by Gasteiger charge is 2.29. The average molecular weight is 274 g/mol. The van der Waals surface area contributed by atoms with E-state index in [1.165, 1.54) is 0 Å². The molecule has 0 aromatic carbocycles. The monoisotopic (exact) mass is 273 g/mol. The second-order valence-corrected chi connectivity index (χ2v) is 5.04. The predicted octanol–water partition coefficient (Wildman–Crippen LogP) is 1.95. The van der Waals surface area contributed by atoms with Crippen LogP contribution in [0.3, 0.4) is 0 Å². The highest BCUT2D eigenvalue weighted by atomic mass is 35.5. The summed E-state index contributed by atoms with van der Waals surface area (Å²) in [6.07, 6.45) is 0.985. The van der Waals surface area contributed by atoms with Crippen LogP contribution in [0.25, 0.3) is 0 Å².